The normalized spacial score (nSPS) is 10.8. The van der Waals surface area contributed by atoms with Crippen LogP contribution in [0.1, 0.15) is 5.56 Å². The zero-order chi connectivity index (χ0) is 12.7. The second-order valence-corrected chi connectivity index (χ2v) is 4.00. The largest absolute Gasteiger partial charge is 0.493 e. The van der Waals surface area contributed by atoms with E-state index in [1.54, 1.807) is 19.3 Å². The van der Waals surface area contributed by atoms with Crippen LogP contribution in [0.5, 0.6) is 11.5 Å². The molecule has 94 valence electrons. The lowest BCUT2D eigenvalue weighted by molar-refractivity contribution is 0.323. The van der Waals surface area contributed by atoms with Gasteiger partial charge in [-0.15, -0.1) is 0 Å². The smallest absolute Gasteiger partial charge is 0.164 e. The van der Waals surface area contributed by atoms with E-state index in [0.29, 0.717) is 36.1 Å². The van der Waals surface area contributed by atoms with Crippen molar-refractivity contribution in [2.24, 2.45) is 5.73 Å². The van der Waals surface area contributed by atoms with E-state index in [9.17, 15) is 0 Å². The van der Waals surface area contributed by atoms with E-state index in [1.165, 1.54) is 5.54 Å². The Bertz CT molecular complexity index is 394. The standard InChI is InChI=1S/C12H15Cl2NO2/c1-16-11-8-10(14)7-9(3-5-15)12(11)17-6-2-4-13/h2,4,7-8H,3,5-6,15H2,1H3/b4-2+. The first-order valence-electron chi connectivity index (χ1n) is 5.17. The fraction of sp³-hybridized carbons (Fsp3) is 0.333. The Balaban J connectivity index is 3.02. The summed E-state index contributed by atoms with van der Waals surface area (Å²) in [4.78, 5) is 0. The molecule has 0 atom stereocenters. The van der Waals surface area contributed by atoms with Gasteiger partial charge in [0, 0.05) is 22.2 Å². The van der Waals surface area contributed by atoms with Crippen molar-refractivity contribution in [1.29, 1.82) is 0 Å². The summed E-state index contributed by atoms with van der Waals surface area (Å²) in [5.74, 6) is 1.26. The molecule has 0 saturated carbocycles. The average Bonchev–Trinajstić information content (AvgIpc) is 2.31. The predicted molar refractivity (Wildman–Crippen MR) is 71.3 cm³/mol. The number of hydrogen-bond donors (Lipinski definition) is 1. The summed E-state index contributed by atoms with van der Waals surface area (Å²) in [6.07, 6.45) is 2.37. The number of ether oxygens (including phenoxy) is 2. The maximum absolute atomic E-state index is 5.99. The van der Waals surface area contributed by atoms with Crippen LogP contribution in [-0.4, -0.2) is 20.3 Å². The first-order valence-corrected chi connectivity index (χ1v) is 5.98. The zero-order valence-corrected chi connectivity index (χ0v) is 11.1. The third-order valence-electron chi connectivity index (χ3n) is 2.14. The van der Waals surface area contributed by atoms with Crippen LogP contribution in [0.25, 0.3) is 0 Å². The lowest BCUT2D eigenvalue weighted by Gasteiger charge is -2.14. The number of hydrogen-bond acceptors (Lipinski definition) is 3. The topological polar surface area (TPSA) is 44.5 Å². The van der Waals surface area contributed by atoms with E-state index in [-0.39, 0.29) is 0 Å². The van der Waals surface area contributed by atoms with Gasteiger partial charge in [-0.2, -0.15) is 0 Å². The monoisotopic (exact) mass is 275 g/mol. The fourth-order valence-electron chi connectivity index (χ4n) is 1.45. The van der Waals surface area contributed by atoms with Crippen molar-refractivity contribution in [2.75, 3.05) is 20.3 Å². The minimum absolute atomic E-state index is 0.374. The summed E-state index contributed by atoms with van der Waals surface area (Å²) in [7, 11) is 1.57. The van der Waals surface area contributed by atoms with Gasteiger partial charge < -0.3 is 15.2 Å². The van der Waals surface area contributed by atoms with Crippen LogP contribution >= 0.6 is 23.2 Å². The molecular weight excluding hydrogens is 261 g/mol. The zero-order valence-electron chi connectivity index (χ0n) is 9.58. The second kappa shape index (κ2) is 7.43. The van der Waals surface area contributed by atoms with Gasteiger partial charge in [-0.25, -0.2) is 0 Å². The van der Waals surface area contributed by atoms with E-state index >= 15 is 0 Å². The van der Waals surface area contributed by atoms with Gasteiger partial charge in [-0.1, -0.05) is 23.2 Å². The van der Waals surface area contributed by atoms with Gasteiger partial charge in [0.2, 0.25) is 0 Å². The van der Waals surface area contributed by atoms with Crippen molar-refractivity contribution >= 4 is 23.2 Å². The first-order chi connectivity index (χ1) is 8.22. The minimum Gasteiger partial charge on any atom is -0.493 e. The molecule has 0 saturated heterocycles. The predicted octanol–water partition coefficient (Wildman–Crippen LogP) is 2.98. The van der Waals surface area contributed by atoms with Crippen LogP contribution < -0.4 is 15.2 Å². The summed E-state index contributed by atoms with van der Waals surface area (Å²) in [5, 5.41) is 0.602. The summed E-state index contributed by atoms with van der Waals surface area (Å²) >= 11 is 11.4. The third kappa shape index (κ3) is 4.11. The Morgan fingerprint density at radius 1 is 1.41 bits per heavy atom. The molecule has 2 N–H and O–H groups in total. The highest BCUT2D eigenvalue weighted by molar-refractivity contribution is 6.30. The maximum Gasteiger partial charge on any atom is 0.164 e. The van der Waals surface area contributed by atoms with Crippen molar-refractivity contribution in [1.82, 2.24) is 0 Å². The van der Waals surface area contributed by atoms with E-state index in [0.717, 1.165) is 5.56 Å². The molecule has 1 rings (SSSR count). The molecule has 0 fully saturated rings. The Morgan fingerprint density at radius 3 is 2.76 bits per heavy atom. The van der Waals surface area contributed by atoms with Gasteiger partial charge in [0.15, 0.2) is 11.5 Å². The molecule has 1 aromatic carbocycles. The molecule has 17 heavy (non-hydrogen) atoms. The fourth-order valence-corrected chi connectivity index (χ4v) is 1.75. The molecule has 0 aliphatic carbocycles. The van der Waals surface area contributed by atoms with Crippen molar-refractivity contribution in [3.63, 3.8) is 0 Å². The number of benzene rings is 1. The molecule has 0 amide bonds. The van der Waals surface area contributed by atoms with Crippen LogP contribution in [0.4, 0.5) is 0 Å². The first kappa shape index (κ1) is 14.2. The highest BCUT2D eigenvalue weighted by Gasteiger charge is 2.11. The minimum atomic E-state index is 0.374. The Kier molecular flexibility index (Phi) is 6.19. The van der Waals surface area contributed by atoms with Gasteiger partial charge >= 0.3 is 0 Å². The van der Waals surface area contributed by atoms with Crippen LogP contribution in [0.15, 0.2) is 23.7 Å². The van der Waals surface area contributed by atoms with E-state index in [2.05, 4.69) is 0 Å². The van der Waals surface area contributed by atoms with Gasteiger partial charge in [-0.05, 0) is 25.1 Å². The van der Waals surface area contributed by atoms with Gasteiger partial charge in [0.05, 0.1) is 7.11 Å². The Hall–Kier alpha value is -0.900. The molecule has 0 spiro atoms. The molecule has 1 aromatic rings. The number of methoxy groups -OCH3 is 1. The summed E-state index contributed by atoms with van der Waals surface area (Å²) in [6.45, 7) is 0.893. The number of nitrogens with two attached hydrogens (primary N) is 1. The second-order valence-electron chi connectivity index (χ2n) is 3.31. The third-order valence-corrected chi connectivity index (χ3v) is 2.54. The number of halogens is 2. The van der Waals surface area contributed by atoms with Crippen molar-refractivity contribution in [2.45, 2.75) is 6.42 Å². The molecule has 0 aliphatic heterocycles. The van der Waals surface area contributed by atoms with Crippen LogP contribution in [0.3, 0.4) is 0 Å². The van der Waals surface area contributed by atoms with Crippen molar-refractivity contribution < 1.29 is 9.47 Å². The molecular formula is C12H15Cl2NO2. The van der Waals surface area contributed by atoms with Crippen LogP contribution in [0.2, 0.25) is 5.02 Å². The van der Waals surface area contributed by atoms with Gasteiger partial charge in [0.25, 0.3) is 0 Å². The van der Waals surface area contributed by atoms with Crippen LogP contribution in [-0.2, 0) is 6.42 Å². The molecule has 3 nitrogen and oxygen atoms in total. The SMILES string of the molecule is COc1cc(Cl)cc(CCN)c1OC/C=C/Cl. The molecule has 0 radical (unpaired) electrons. The summed E-state index contributed by atoms with van der Waals surface area (Å²) in [6, 6.07) is 3.54. The Morgan fingerprint density at radius 2 is 2.18 bits per heavy atom. The van der Waals surface area contributed by atoms with E-state index in [1.807, 2.05) is 6.07 Å². The average molecular weight is 276 g/mol. The van der Waals surface area contributed by atoms with Crippen molar-refractivity contribution in [3.05, 3.63) is 34.3 Å². The highest BCUT2D eigenvalue weighted by atomic mass is 35.5. The molecule has 0 aliphatic rings. The van der Waals surface area contributed by atoms with E-state index < -0.39 is 0 Å². The molecule has 0 unspecified atom stereocenters. The molecule has 0 bridgehead atoms. The quantitative estimate of drug-likeness (QED) is 0.868. The Labute approximate surface area is 111 Å². The van der Waals surface area contributed by atoms with Gasteiger partial charge in [-0.3, -0.25) is 0 Å². The highest BCUT2D eigenvalue weighted by Crippen LogP contribution is 2.34. The van der Waals surface area contributed by atoms with Gasteiger partial charge in [0.1, 0.15) is 6.61 Å². The lowest BCUT2D eigenvalue weighted by atomic mass is 10.1. The molecule has 0 heterocycles. The summed E-state index contributed by atoms with van der Waals surface area (Å²) < 4.78 is 10.8. The molecule has 0 aromatic heterocycles. The summed E-state index contributed by atoms with van der Waals surface area (Å²) in [5.41, 5.74) is 7.89. The van der Waals surface area contributed by atoms with Crippen LogP contribution in [0, 0.1) is 0 Å². The van der Waals surface area contributed by atoms with E-state index in [4.69, 9.17) is 38.4 Å². The van der Waals surface area contributed by atoms with Crippen molar-refractivity contribution in [3.8, 4) is 11.5 Å². The lowest BCUT2D eigenvalue weighted by Crippen LogP contribution is -2.06. The maximum atomic E-state index is 5.99. The number of rotatable bonds is 6. The molecule has 5 heteroatoms.